The monoisotopic (exact) mass is 341 g/mol. The Kier molecular flexibility index (Phi) is 4.28. The van der Waals surface area contributed by atoms with Crippen molar-refractivity contribution >= 4 is 11.7 Å². The summed E-state index contributed by atoms with van der Waals surface area (Å²) in [4.78, 5) is 18.3. The van der Waals surface area contributed by atoms with Crippen LogP contribution >= 0.6 is 0 Å². The number of amides is 2. The first-order valence-electron chi connectivity index (χ1n) is 8.30. The number of pyridine rings is 1. The van der Waals surface area contributed by atoms with Crippen LogP contribution < -0.4 is 19.5 Å². The highest BCUT2D eigenvalue weighted by Gasteiger charge is 2.25. The molecule has 0 bridgehead atoms. The van der Waals surface area contributed by atoms with E-state index in [2.05, 4.69) is 10.3 Å². The molecule has 2 aliphatic heterocycles. The third-order valence-electron chi connectivity index (χ3n) is 4.24. The lowest BCUT2D eigenvalue weighted by atomic mass is 10.1. The van der Waals surface area contributed by atoms with Gasteiger partial charge in [-0.25, -0.2) is 4.79 Å². The molecule has 0 aliphatic carbocycles. The number of carbonyl (C=O) groups is 1. The smallest absolute Gasteiger partial charge is 0.321 e. The van der Waals surface area contributed by atoms with Crippen LogP contribution in [0.2, 0.25) is 0 Å². The van der Waals surface area contributed by atoms with Crippen molar-refractivity contribution in [2.75, 3.05) is 25.2 Å². The highest BCUT2D eigenvalue weighted by atomic mass is 16.7. The maximum atomic E-state index is 12.5. The van der Waals surface area contributed by atoms with E-state index in [1.807, 2.05) is 12.1 Å². The van der Waals surface area contributed by atoms with Gasteiger partial charge in [-0.1, -0.05) is 0 Å². The van der Waals surface area contributed by atoms with E-state index in [9.17, 15) is 4.79 Å². The fourth-order valence-electron chi connectivity index (χ4n) is 3.00. The van der Waals surface area contributed by atoms with Crippen molar-refractivity contribution in [3.8, 4) is 17.2 Å². The van der Waals surface area contributed by atoms with E-state index in [0.717, 1.165) is 18.6 Å². The number of anilines is 1. The molecule has 2 amide bonds. The second-order valence-electron chi connectivity index (χ2n) is 6.01. The number of aromatic nitrogens is 1. The number of nitrogens with one attached hydrogen (secondary N) is 1. The van der Waals surface area contributed by atoms with Gasteiger partial charge >= 0.3 is 6.03 Å². The maximum absolute atomic E-state index is 12.5. The third kappa shape index (κ3) is 3.60. The third-order valence-corrected chi connectivity index (χ3v) is 4.24. The Balaban J connectivity index is 1.36. The number of hydrogen-bond acceptors (Lipinski definition) is 5. The van der Waals surface area contributed by atoms with Crippen molar-refractivity contribution in [1.29, 1.82) is 0 Å². The van der Waals surface area contributed by atoms with Gasteiger partial charge in [0.25, 0.3) is 0 Å². The van der Waals surface area contributed by atoms with Gasteiger partial charge in [-0.2, -0.15) is 0 Å². The highest BCUT2D eigenvalue weighted by molar-refractivity contribution is 5.89. The van der Waals surface area contributed by atoms with Gasteiger partial charge in [0.05, 0.1) is 6.54 Å². The van der Waals surface area contributed by atoms with Crippen LogP contribution in [0.4, 0.5) is 10.5 Å². The molecule has 2 aromatic rings. The molecular weight excluding hydrogens is 322 g/mol. The number of nitrogens with zero attached hydrogens (tertiary/aromatic N) is 2. The van der Waals surface area contributed by atoms with Crippen LogP contribution in [0.3, 0.4) is 0 Å². The summed E-state index contributed by atoms with van der Waals surface area (Å²) < 4.78 is 16.6. The Morgan fingerprint density at radius 2 is 2.04 bits per heavy atom. The normalized spacial score (nSPS) is 18.7. The molecule has 130 valence electrons. The number of benzene rings is 1. The lowest BCUT2D eigenvalue weighted by Gasteiger charge is -2.32. The van der Waals surface area contributed by atoms with Crippen LogP contribution in [-0.2, 0) is 0 Å². The maximum Gasteiger partial charge on any atom is 0.321 e. The average Bonchev–Trinajstić information content (AvgIpc) is 3.10. The first kappa shape index (κ1) is 15.6. The minimum absolute atomic E-state index is 0.0151. The number of hydrogen-bond donors (Lipinski definition) is 1. The first-order chi connectivity index (χ1) is 12.3. The van der Waals surface area contributed by atoms with Gasteiger partial charge in [-0.15, -0.1) is 0 Å². The standard InChI is InChI=1S/C18H19N3O4/c22-18(20-13-3-4-16-17(10-13)24-12-23-16)21-9-1-2-15(11-21)25-14-5-7-19-8-6-14/h3-8,10,15H,1-2,9,11-12H2,(H,20,22)/t15-/m1/s1. The van der Waals surface area contributed by atoms with Crippen LogP contribution in [0.15, 0.2) is 42.7 Å². The molecule has 3 heterocycles. The number of fused-ring (bicyclic) bond motifs is 1. The van der Waals surface area contributed by atoms with E-state index in [0.29, 0.717) is 30.3 Å². The lowest BCUT2D eigenvalue weighted by molar-refractivity contribution is 0.106. The molecule has 0 saturated carbocycles. The van der Waals surface area contributed by atoms with Crippen LogP contribution in [0, 0.1) is 0 Å². The number of likely N-dealkylation sites (tertiary alicyclic amines) is 1. The number of piperidine rings is 1. The predicted molar refractivity (Wildman–Crippen MR) is 91.0 cm³/mol. The molecular formula is C18H19N3O4. The summed E-state index contributed by atoms with van der Waals surface area (Å²) in [7, 11) is 0. The quantitative estimate of drug-likeness (QED) is 0.929. The van der Waals surface area contributed by atoms with Gasteiger partial charge in [-0.05, 0) is 37.1 Å². The Bertz CT molecular complexity index is 753. The van der Waals surface area contributed by atoms with Crippen molar-refractivity contribution < 1.29 is 19.0 Å². The summed E-state index contributed by atoms with van der Waals surface area (Å²) >= 11 is 0. The zero-order valence-electron chi connectivity index (χ0n) is 13.7. The fourth-order valence-corrected chi connectivity index (χ4v) is 3.00. The lowest BCUT2D eigenvalue weighted by Crippen LogP contribution is -2.46. The highest BCUT2D eigenvalue weighted by Crippen LogP contribution is 2.34. The molecule has 0 spiro atoms. The van der Waals surface area contributed by atoms with E-state index < -0.39 is 0 Å². The minimum Gasteiger partial charge on any atom is -0.488 e. The van der Waals surface area contributed by atoms with Gasteiger partial charge in [0.1, 0.15) is 11.9 Å². The van der Waals surface area contributed by atoms with Gasteiger partial charge in [0, 0.05) is 30.7 Å². The summed E-state index contributed by atoms with van der Waals surface area (Å²) in [5.74, 6) is 2.12. The van der Waals surface area contributed by atoms with E-state index in [-0.39, 0.29) is 18.9 Å². The van der Waals surface area contributed by atoms with Gasteiger partial charge in [0.2, 0.25) is 6.79 Å². The van der Waals surface area contributed by atoms with E-state index >= 15 is 0 Å². The van der Waals surface area contributed by atoms with Crippen molar-refractivity contribution in [3.05, 3.63) is 42.7 Å². The summed E-state index contributed by atoms with van der Waals surface area (Å²) in [6, 6.07) is 8.89. The molecule has 1 aromatic heterocycles. The van der Waals surface area contributed by atoms with Gasteiger partial charge < -0.3 is 24.4 Å². The van der Waals surface area contributed by atoms with Gasteiger partial charge in [-0.3, -0.25) is 4.98 Å². The molecule has 4 rings (SSSR count). The van der Waals surface area contributed by atoms with Crippen molar-refractivity contribution in [2.45, 2.75) is 18.9 Å². The SMILES string of the molecule is O=C(Nc1ccc2c(c1)OCO2)N1CCC[C@@H](Oc2ccncc2)C1. The van der Waals surface area contributed by atoms with E-state index in [4.69, 9.17) is 14.2 Å². The van der Waals surface area contributed by atoms with E-state index in [1.165, 1.54) is 0 Å². The first-order valence-corrected chi connectivity index (χ1v) is 8.30. The van der Waals surface area contributed by atoms with Crippen LogP contribution in [0.5, 0.6) is 17.2 Å². The zero-order chi connectivity index (χ0) is 17.1. The average molecular weight is 341 g/mol. The Morgan fingerprint density at radius 3 is 2.92 bits per heavy atom. The van der Waals surface area contributed by atoms with Crippen molar-refractivity contribution in [2.24, 2.45) is 0 Å². The Hall–Kier alpha value is -2.96. The Labute approximate surface area is 145 Å². The molecule has 1 N–H and O–H groups in total. The Morgan fingerprint density at radius 1 is 1.20 bits per heavy atom. The molecule has 0 radical (unpaired) electrons. The summed E-state index contributed by atoms with van der Waals surface area (Å²) in [6.45, 7) is 1.48. The zero-order valence-corrected chi connectivity index (χ0v) is 13.7. The van der Waals surface area contributed by atoms with Crippen molar-refractivity contribution in [1.82, 2.24) is 9.88 Å². The number of ether oxygens (including phenoxy) is 3. The van der Waals surface area contributed by atoms with Crippen LogP contribution in [0.1, 0.15) is 12.8 Å². The second-order valence-corrected chi connectivity index (χ2v) is 6.01. The molecule has 7 heteroatoms. The van der Waals surface area contributed by atoms with Crippen LogP contribution in [-0.4, -0.2) is 41.9 Å². The molecule has 0 unspecified atom stereocenters. The number of urea groups is 1. The summed E-state index contributed by atoms with van der Waals surface area (Å²) in [5, 5.41) is 2.91. The molecule has 25 heavy (non-hydrogen) atoms. The number of rotatable bonds is 3. The molecule has 1 aromatic carbocycles. The number of carbonyl (C=O) groups excluding carboxylic acids is 1. The molecule has 1 fully saturated rings. The second kappa shape index (κ2) is 6.88. The molecule has 1 atom stereocenters. The topological polar surface area (TPSA) is 72.9 Å². The minimum atomic E-state index is -0.137. The largest absolute Gasteiger partial charge is 0.488 e. The predicted octanol–water partition coefficient (Wildman–Crippen LogP) is 2.89. The summed E-state index contributed by atoms with van der Waals surface area (Å²) in [5.41, 5.74) is 0.687. The van der Waals surface area contributed by atoms with Crippen LogP contribution in [0.25, 0.3) is 0 Å². The van der Waals surface area contributed by atoms with E-state index in [1.54, 1.807) is 35.5 Å². The fraction of sp³-hybridized carbons (Fsp3) is 0.333. The van der Waals surface area contributed by atoms with Crippen molar-refractivity contribution in [3.63, 3.8) is 0 Å². The molecule has 1 saturated heterocycles. The molecule has 7 nitrogen and oxygen atoms in total. The molecule has 2 aliphatic rings. The summed E-state index contributed by atoms with van der Waals surface area (Å²) in [6.07, 6.45) is 5.21. The van der Waals surface area contributed by atoms with Gasteiger partial charge in [0.15, 0.2) is 11.5 Å².